The number of aliphatic hydroxyl groups is 1. The summed E-state index contributed by atoms with van der Waals surface area (Å²) in [6.07, 6.45) is 7.20. The van der Waals surface area contributed by atoms with Crippen molar-refractivity contribution >= 4 is 0 Å². The number of allylic oxidation sites excluding steroid dienone is 2. The standard InChI is InChI=1S/C10H14O/c1-7-3-5-10(2)6-4-8(11)9(7)10/h3-4,6,8-9,11H,5H2,1-2H3. The van der Waals surface area contributed by atoms with Gasteiger partial charge in [-0.15, -0.1) is 0 Å². The topological polar surface area (TPSA) is 20.2 Å². The second-order valence-electron chi connectivity index (χ2n) is 3.99. The minimum atomic E-state index is -0.237. The van der Waals surface area contributed by atoms with Crippen LogP contribution in [-0.2, 0) is 0 Å². The molecule has 0 aliphatic heterocycles. The Bertz CT molecular complexity index is 239. The van der Waals surface area contributed by atoms with Gasteiger partial charge in [0.2, 0.25) is 0 Å². The molecule has 2 aliphatic carbocycles. The molecule has 2 rings (SSSR count). The van der Waals surface area contributed by atoms with Crippen molar-refractivity contribution < 1.29 is 5.11 Å². The summed E-state index contributed by atoms with van der Waals surface area (Å²) in [5.74, 6) is 0.363. The molecule has 2 aliphatic rings. The molecule has 1 nitrogen and oxygen atoms in total. The van der Waals surface area contributed by atoms with E-state index in [1.54, 1.807) is 0 Å². The fourth-order valence-electron chi connectivity index (χ4n) is 2.42. The Balaban J connectivity index is 2.35. The molecular formula is C10H14O. The quantitative estimate of drug-likeness (QED) is 0.523. The summed E-state index contributed by atoms with van der Waals surface area (Å²) in [7, 11) is 0. The van der Waals surface area contributed by atoms with E-state index in [-0.39, 0.29) is 11.5 Å². The molecule has 0 aromatic carbocycles. The van der Waals surface area contributed by atoms with Gasteiger partial charge in [0.1, 0.15) is 0 Å². The molecule has 0 aromatic heterocycles. The van der Waals surface area contributed by atoms with Crippen LogP contribution in [0.25, 0.3) is 0 Å². The van der Waals surface area contributed by atoms with Crippen molar-refractivity contribution in [1.82, 2.24) is 0 Å². The third kappa shape index (κ3) is 0.807. The van der Waals surface area contributed by atoms with Crippen molar-refractivity contribution in [1.29, 1.82) is 0 Å². The zero-order valence-corrected chi connectivity index (χ0v) is 7.04. The maximum atomic E-state index is 9.61. The first-order valence-electron chi connectivity index (χ1n) is 4.17. The van der Waals surface area contributed by atoms with Crippen LogP contribution in [0.1, 0.15) is 20.3 Å². The first-order chi connectivity index (χ1) is 5.13. The summed E-state index contributed by atoms with van der Waals surface area (Å²) in [4.78, 5) is 0. The lowest BCUT2D eigenvalue weighted by Crippen LogP contribution is -2.25. The molecule has 11 heavy (non-hydrogen) atoms. The fraction of sp³-hybridized carbons (Fsp3) is 0.600. The van der Waals surface area contributed by atoms with Crippen molar-refractivity contribution in [3.8, 4) is 0 Å². The van der Waals surface area contributed by atoms with E-state index in [0.717, 1.165) is 6.42 Å². The largest absolute Gasteiger partial charge is 0.388 e. The second kappa shape index (κ2) is 1.98. The molecular weight excluding hydrogens is 136 g/mol. The Kier molecular flexibility index (Phi) is 1.28. The zero-order valence-electron chi connectivity index (χ0n) is 7.04. The van der Waals surface area contributed by atoms with Crippen molar-refractivity contribution in [2.24, 2.45) is 11.3 Å². The Labute approximate surface area is 67.4 Å². The van der Waals surface area contributed by atoms with Crippen LogP contribution in [0.2, 0.25) is 0 Å². The molecule has 3 atom stereocenters. The minimum Gasteiger partial charge on any atom is -0.388 e. The first-order valence-corrected chi connectivity index (χ1v) is 4.17. The van der Waals surface area contributed by atoms with E-state index in [0.29, 0.717) is 5.92 Å². The molecule has 0 spiro atoms. The average Bonchev–Trinajstić information content (AvgIpc) is 2.38. The first kappa shape index (κ1) is 7.11. The van der Waals surface area contributed by atoms with Gasteiger partial charge in [0.15, 0.2) is 0 Å². The van der Waals surface area contributed by atoms with E-state index in [9.17, 15) is 5.11 Å². The summed E-state index contributed by atoms with van der Waals surface area (Å²) in [6.45, 7) is 4.34. The van der Waals surface area contributed by atoms with E-state index in [1.807, 2.05) is 6.08 Å². The number of hydrogen-bond acceptors (Lipinski definition) is 1. The molecule has 0 saturated carbocycles. The lowest BCUT2D eigenvalue weighted by atomic mass is 9.79. The molecule has 1 heteroatoms. The molecule has 0 heterocycles. The van der Waals surface area contributed by atoms with Crippen LogP contribution in [0.15, 0.2) is 23.8 Å². The molecule has 0 aromatic rings. The van der Waals surface area contributed by atoms with Crippen LogP contribution in [0.4, 0.5) is 0 Å². The molecule has 0 amide bonds. The van der Waals surface area contributed by atoms with Gasteiger partial charge in [0.25, 0.3) is 0 Å². The highest BCUT2D eigenvalue weighted by atomic mass is 16.3. The summed E-state index contributed by atoms with van der Waals surface area (Å²) in [6, 6.07) is 0. The molecule has 0 fully saturated rings. The van der Waals surface area contributed by atoms with Gasteiger partial charge in [-0.25, -0.2) is 0 Å². The van der Waals surface area contributed by atoms with Crippen LogP contribution in [0.3, 0.4) is 0 Å². The number of hydrogen-bond donors (Lipinski definition) is 1. The summed E-state index contributed by atoms with van der Waals surface area (Å²) in [5, 5.41) is 9.61. The van der Waals surface area contributed by atoms with E-state index >= 15 is 0 Å². The summed E-state index contributed by atoms with van der Waals surface area (Å²) < 4.78 is 0. The third-order valence-corrected chi connectivity index (χ3v) is 3.08. The number of fused-ring (bicyclic) bond motifs is 1. The van der Waals surface area contributed by atoms with Crippen LogP contribution >= 0.6 is 0 Å². The summed E-state index contributed by atoms with van der Waals surface area (Å²) >= 11 is 0. The molecule has 60 valence electrons. The summed E-state index contributed by atoms with van der Waals surface area (Å²) in [5.41, 5.74) is 1.58. The molecule has 0 radical (unpaired) electrons. The van der Waals surface area contributed by atoms with Crippen molar-refractivity contribution in [2.45, 2.75) is 26.4 Å². The van der Waals surface area contributed by atoms with Gasteiger partial charge in [0.05, 0.1) is 6.10 Å². The maximum absolute atomic E-state index is 9.61. The van der Waals surface area contributed by atoms with E-state index in [4.69, 9.17) is 0 Å². The third-order valence-electron chi connectivity index (χ3n) is 3.08. The normalized spacial score (nSPS) is 47.7. The van der Waals surface area contributed by atoms with Gasteiger partial charge in [-0.3, -0.25) is 0 Å². The Hall–Kier alpha value is -0.560. The smallest absolute Gasteiger partial charge is 0.0794 e. The molecule has 1 N–H and O–H groups in total. The number of aliphatic hydroxyl groups excluding tert-OH is 1. The fourth-order valence-corrected chi connectivity index (χ4v) is 2.42. The van der Waals surface area contributed by atoms with Crippen LogP contribution < -0.4 is 0 Å². The predicted molar refractivity (Wildman–Crippen MR) is 45.1 cm³/mol. The monoisotopic (exact) mass is 150 g/mol. The molecule has 0 bridgehead atoms. The van der Waals surface area contributed by atoms with Crippen molar-refractivity contribution in [2.75, 3.05) is 0 Å². The minimum absolute atomic E-state index is 0.226. The van der Waals surface area contributed by atoms with Crippen LogP contribution in [0, 0.1) is 11.3 Å². The predicted octanol–water partition coefficient (Wildman–Crippen LogP) is 1.89. The maximum Gasteiger partial charge on any atom is 0.0794 e. The number of rotatable bonds is 0. The second-order valence-corrected chi connectivity index (χ2v) is 3.99. The van der Waals surface area contributed by atoms with Crippen molar-refractivity contribution in [3.05, 3.63) is 23.8 Å². The van der Waals surface area contributed by atoms with Gasteiger partial charge < -0.3 is 5.11 Å². The van der Waals surface area contributed by atoms with Crippen molar-refractivity contribution in [3.63, 3.8) is 0 Å². The van der Waals surface area contributed by atoms with Gasteiger partial charge in [0, 0.05) is 5.92 Å². The Morgan fingerprint density at radius 2 is 2.36 bits per heavy atom. The van der Waals surface area contributed by atoms with E-state index in [2.05, 4.69) is 26.0 Å². The van der Waals surface area contributed by atoms with E-state index in [1.165, 1.54) is 5.57 Å². The highest BCUT2D eigenvalue weighted by molar-refractivity contribution is 5.30. The van der Waals surface area contributed by atoms with Gasteiger partial charge in [-0.2, -0.15) is 0 Å². The lowest BCUT2D eigenvalue weighted by Gasteiger charge is -2.26. The van der Waals surface area contributed by atoms with Crippen LogP contribution in [-0.4, -0.2) is 11.2 Å². The highest BCUT2D eigenvalue weighted by Gasteiger charge is 2.43. The van der Waals surface area contributed by atoms with Gasteiger partial charge >= 0.3 is 0 Å². The van der Waals surface area contributed by atoms with Gasteiger partial charge in [-0.1, -0.05) is 30.7 Å². The zero-order chi connectivity index (χ0) is 8.06. The highest BCUT2D eigenvalue weighted by Crippen LogP contribution is 2.49. The lowest BCUT2D eigenvalue weighted by molar-refractivity contribution is 0.138. The average molecular weight is 150 g/mol. The molecule has 0 saturated heterocycles. The van der Waals surface area contributed by atoms with E-state index < -0.39 is 0 Å². The Morgan fingerprint density at radius 1 is 1.64 bits per heavy atom. The SMILES string of the molecule is CC1=CCC2(C)C=CC(O)C12. The molecule has 3 unspecified atom stereocenters. The Morgan fingerprint density at radius 3 is 3.00 bits per heavy atom. The van der Waals surface area contributed by atoms with Crippen LogP contribution in [0.5, 0.6) is 0 Å². The van der Waals surface area contributed by atoms with Gasteiger partial charge in [-0.05, 0) is 18.8 Å².